The summed E-state index contributed by atoms with van der Waals surface area (Å²) < 4.78 is 19.0. The highest BCUT2D eigenvalue weighted by atomic mass is 19.1. The minimum Gasteiger partial charge on any atom is -0.486 e. The Kier molecular flexibility index (Phi) is 5.00. The molecule has 0 spiro atoms. The van der Waals surface area contributed by atoms with E-state index in [1.807, 2.05) is 6.92 Å². The maximum atomic E-state index is 13.4. The largest absolute Gasteiger partial charge is 0.486 e. The standard InChI is InChI=1S/C15H22FNO/c1-12(11-17-13-7-3-2-4-8-13)18-15-10-6-5-9-14(15)16/h5-6,9-10,12-13,17H,2-4,7-8,11H2,1H3. The van der Waals surface area contributed by atoms with E-state index in [2.05, 4.69) is 5.32 Å². The van der Waals surface area contributed by atoms with Crippen LogP contribution in [0.25, 0.3) is 0 Å². The molecule has 1 unspecified atom stereocenters. The molecule has 1 saturated carbocycles. The summed E-state index contributed by atoms with van der Waals surface area (Å²) in [6.45, 7) is 2.75. The Balaban J connectivity index is 1.74. The van der Waals surface area contributed by atoms with Crippen molar-refractivity contribution in [2.24, 2.45) is 0 Å². The van der Waals surface area contributed by atoms with Crippen molar-refractivity contribution >= 4 is 0 Å². The number of halogens is 1. The van der Waals surface area contributed by atoms with Crippen molar-refractivity contribution in [3.05, 3.63) is 30.1 Å². The van der Waals surface area contributed by atoms with Gasteiger partial charge in [0.2, 0.25) is 0 Å². The zero-order valence-electron chi connectivity index (χ0n) is 11.0. The molecule has 1 atom stereocenters. The molecule has 100 valence electrons. The Morgan fingerprint density at radius 2 is 2.00 bits per heavy atom. The molecule has 1 aliphatic rings. The molecule has 1 N–H and O–H groups in total. The van der Waals surface area contributed by atoms with E-state index in [1.165, 1.54) is 38.2 Å². The lowest BCUT2D eigenvalue weighted by molar-refractivity contribution is 0.197. The second-order valence-electron chi connectivity index (χ2n) is 5.10. The van der Waals surface area contributed by atoms with Gasteiger partial charge in [-0.25, -0.2) is 4.39 Å². The third-order valence-corrected chi connectivity index (χ3v) is 3.46. The number of rotatable bonds is 5. The molecule has 0 aliphatic heterocycles. The van der Waals surface area contributed by atoms with Crippen LogP contribution in [0, 0.1) is 5.82 Å². The van der Waals surface area contributed by atoms with Crippen molar-refractivity contribution < 1.29 is 9.13 Å². The minimum absolute atomic E-state index is 0.0103. The molecule has 18 heavy (non-hydrogen) atoms. The van der Waals surface area contributed by atoms with E-state index >= 15 is 0 Å². The van der Waals surface area contributed by atoms with Crippen molar-refractivity contribution in [1.82, 2.24) is 5.32 Å². The summed E-state index contributed by atoms with van der Waals surface area (Å²) in [5, 5.41) is 3.51. The summed E-state index contributed by atoms with van der Waals surface area (Å²) in [6, 6.07) is 7.18. The topological polar surface area (TPSA) is 21.3 Å². The maximum Gasteiger partial charge on any atom is 0.165 e. The lowest BCUT2D eigenvalue weighted by Gasteiger charge is -2.25. The van der Waals surface area contributed by atoms with Crippen molar-refractivity contribution in [2.45, 2.75) is 51.2 Å². The summed E-state index contributed by atoms with van der Waals surface area (Å²) in [7, 11) is 0. The zero-order valence-corrected chi connectivity index (χ0v) is 11.0. The molecule has 0 radical (unpaired) electrons. The number of nitrogens with one attached hydrogen (secondary N) is 1. The quantitative estimate of drug-likeness (QED) is 0.864. The molecule has 2 rings (SSSR count). The van der Waals surface area contributed by atoms with Crippen LogP contribution >= 0.6 is 0 Å². The third kappa shape index (κ3) is 3.98. The Morgan fingerprint density at radius 1 is 1.28 bits per heavy atom. The normalized spacial score (nSPS) is 18.6. The van der Waals surface area contributed by atoms with Gasteiger partial charge in [0.1, 0.15) is 6.10 Å². The van der Waals surface area contributed by atoms with E-state index in [-0.39, 0.29) is 11.9 Å². The molecule has 1 aliphatic carbocycles. The SMILES string of the molecule is CC(CNC1CCCCC1)Oc1ccccc1F. The summed E-state index contributed by atoms with van der Waals surface area (Å²) >= 11 is 0. The lowest BCUT2D eigenvalue weighted by atomic mass is 9.95. The van der Waals surface area contributed by atoms with Gasteiger partial charge in [-0.3, -0.25) is 0 Å². The van der Waals surface area contributed by atoms with Gasteiger partial charge in [-0.05, 0) is 31.9 Å². The second-order valence-corrected chi connectivity index (χ2v) is 5.10. The van der Waals surface area contributed by atoms with Crippen LogP contribution in [0.5, 0.6) is 5.75 Å². The smallest absolute Gasteiger partial charge is 0.165 e. The van der Waals surface area contributed by atoms with E-state index in [4.69, 9.17) is 4.74 Å². The van der Waals surface area contributed by atoms with Crippen LogP contribution in [0.1, 0.15) is 39.0 Å². The maximum absolute atomic E-state index is 13.4. The fourth-order valence-corrected chi connectivity index (χ4v) is 2.44. The number of para-hydroxylation sites is 1. The number of hydrogen-bond acceptors (Lipinski definition) is 2. The highest BCUT2D eigenvalue weighted by Gasteiger charge is 2.14. The highest BCUT2D eigenvalue weighted by Crippen LogP contribution is 2.19. The molecule has 0 aromatic heterocycles. The number of benzene rings is 1. The molecular formula is C15H22FNO. The summed E-state index contributed by atoms with van der Waals surface area (Å²) in [4.78, 5) is 0. The van der Waals surface area contributed by atoms with Gasteiger partial charge in [0, 0.05) is 12.6 Å². The van der Waals surface area contributed by atoms with E-state index < -0.39 is 0 Å². The Labute approximate surface area is 109 Å². The highest BCUT2D eigenvalue weighted by molar-refractivity contribution is 5.23. The van der Waals surface area contributed by atoms with Gasteiger partial charge >= 0.3 is 0 Å². The van der Waals surface area contributed by atoms with Crippen molar-refractivity contribution in [2.75, 3.05) is 6.54 Å². The minimum atomic E-state index is -0.290. The van der Waals surface area contributed by atoms with Crippen LogP contribution in [-0.2, 0) is 0 Å². The van der Waals surface area contributed by atoms with Gasteiger partial charge in [0.05, 0.1) is 0 Å². The average Bonchev–Trinajstić information content (AvgIpc) is 2.40. The molecular weight excluding hydrogens is 229 g/mol. The molecule has 0 bridgehead atoms. The summed E-state index contributed by atoms with van der Waals surface area (Å²) in [6.07, 6.45) is 6.50. The summed E-state index contributed by atoms with van der Waals surface area (Å²) in [5.41, 5.74) is 0. The molecule has 1 aromatic carbocycles. The molecule has 0 heterocycles. The molecule has 0 saturated heterocycles. The van der Waals surface area contributed by atoms with Crippen molar-refractivity contribution in [1.29, 1.82) is 0 Å². The Morgan fingerprint density at radius 3 is 2.72 bits per heavy atom. The van der Waals surface area contributed by atoms with Crippen LogP contribution in [-0.4, -0.2) is 18.7 Å². The number of ether oxygens (including phenoxy) is 1. The first-order valence-corrected chi connectivity index (χ1v) is 6.90. The van der Waals surface area contributed by atoms with Gasteiger partial charge in [0.15, 0.2) is 11.6 Å². The number of hydrogen-bond donors (Lipinski definition) is 1. The molecule has 3 heteroatoms. The molecule has 1 fully saturated rings. The average molecular weight is 251 g/mol. The van der Waals surface area contributed by atoms with E-state index in [9.17, 15) is 4.39 Å². The van der Waals surface area contributed by atoms with Crippen LogP contribution in [0.4, 0.5) is 4.39 Å². The van der Waals surface area contributed by atoms with Crippen LogP contribution < -0.4 is 10.1 Å². The van der Waals surface area contributed by atoms with Crippen LogP contribution in [0.3, 0.4) is 0 Å². The first-order chi connectivity index (χ1) is 8.75. The van der Waals surface area contributed by atoms with Gasteiger partial charge in [-0.1, -0.05) is 31.4 Å². The second kappa shape index (κ2) is 6.74. The van der Waals surface area contributed by atoms with Gasteiger partial charge in [-0.2, -0.15) is 0 Å². The van der Waals surface area contributed by atoms with E-state index in [0.29, 0.717) is 11.8 Å². The monoisotopic (exact) mass is 251 g/mol. The van der Waals surface area contributed by atoms with E-state index in [1.54, 1.807) is 18.2 Å². The lowest BCUT2D eigenvalue weighted by Crippen LogP contribution is -2.37. The van der Waals surface area contributed by atoms with Crippen molar-refractivity contribution in [3.8, 4) is 5.75 Å². The fourth-order valence-electron chi connectivity index (χ4n) is 2.44. The van der Waals surface area contributed by atoms with Crippen LogP contribution in [0.2, 0.25) is 0 Å². The fraction of sp³-hybridized carbons (Fsp3) is 0.600. The molecule has 0 amide bonds. The van der Waals surface area contributed by atoms with Gasteiger partial charge in [0.25, 0.3) is 0 Å². The predicted molar refractivity (Wildman–Crippen MR) is 71.4 cm³/mol. The zero-order chi connectivity index (χ0) is 12.8. The van der Waals surface area contributed by atoms with Gasteiger partial charge in [-0.15, -0.1) is 0 Å². The third-order valence-electron chi connectivity index (χ3n) is 3.46. The first-order valence-electron chi connectivity index (χ1n) is 6.90. The van der Waals surface area contributed by atoms with Crippen molar-refractivity contribution in [3.63, 3.8) is 0 Å². The summed E-state index contributed by atoms with van der Waals surface area (Å²) in [5.74, 6) is 0.0532. The predicted octanol–water partition coefficient (Wildman–Crippen LogP) is 3.52. The van der Waals surface area contributed by atoms with Crippen LogP contribution in [0.15, 0.2) is 24.3 Å². The first kappa shape index (κ1) is 13.3. The molecule has 1 aromatic rings. The Hall–Kier alpha value is -1.09. The van der Waals surface area contributed by atoms with E-state index in [0.717, 1.165) is 6.54 Å². The molecule has 2 nitrogen and oxygen atoms in total. The van der Waals surface area contributed by atoms with Gasteiger partial charge < -0.3 is 10.1 Å². The Bertz CT molecular complexity index is 363.